The van der Waals surface area contributed by atoms with Crippen LogP contribution in [0, 0.1) is 0 Å². The summed E-state index contributed by atoms with van der Waals surface area (Å²) >= 11 is 0. The lowest BCUT2D eigenvalue weighted by atomic mass is 9.98. The van der Waals surface area contributed by atoms with Crippen molar-refractivity contribution >= 4 is 16.9 Å². The number of benzene rings is 3. The first-order chi connectivity index (χ1) is 17.2. The molecule has 1 aliphatic rings. The number of rotatable bonds is 7. The van der Waals surface area contributed by atoms with E-state index in [1.807, 2.05) is 66.7 Å². The summed E-state index contributed by atoms with van der Waals surface area (Å²) in [7, 11) is 0. The first kappa shape index (κ1) is 21.0. The van der Waals surface area contributed by atoms with Gasteiger partial charge in [-0.05, 0) is 40.8 Å². The number of hydrogen-bond acceptors (Lipinski definition) is 6. The number of para-hydroxylation sites is 1. The Balaban J connectivity index is 1.31. The fourth-order valence-corrected chi connectivity index (χ4v) is 4.35. The van der Waals surface area contributed by atoms with Gasteiger partial charge in [0, 0.05) is 16.9 Å². The zero-order valence-corrected chi connectivity index (χ0v) is 18.7. The maximum atomic E-state index is 12.2. The van der Waals surface area contributed by atoms with Gasteiger partial charge in [0.15, 0.2) is 5.75 Å². The van der Waals surface area contributed by atoms with Crippen LogP contribution < -0.4 is 4.74 Å². The van der Waals surface area contributed by atoms with Crippen molar-refractivity contribution < 1.29 is 14.6 Å². The minimum Gasteiger partial charge on any atom is -0.486 e. The van der Waals surface area contributed by atoms with E-state index in [2.05, 4.69) is 20.6 Å². The molecule has 1 fully saturated rings. The number of H-pyrrole nitrogens is 1. The number of carboxylic acids is 1. The molecule has 0 spiro atoms. The molecule has 2 aromatic heterocycles. The molecule has 2 heterocycles. The smallest absolute Gasteiger partial charge is 0.340 e. The maximum absolute atomic E-state index is 12.2. The standard InChI is InChI=1S/C27H21N5O3/c33-27(34)23-21-7-3-4-8-22(21)28-24(18-13-14-18)25(23)35-15-16-9-11-17(12-10-16)19-5-1-2-6-20(19)26-29-31-32-30-26/h1-12,18H,13-15H2,(H,33,34)(H,29,30,31,32). The van der Waals surface area contributed by atoms with Crippen LogP contribution >= 0.6 is 0 Å². The Bertz CT molecular complexity index is 1530. The fourth-order valence-electron chi connectivity index (χ4n) is 4.35. The van der Waals surface area contributed by atoms with Crippen LogP contribution in [0.2, 0.25) is 0 Å². The highest BCUT2D eigenvalue weighted by molar-refractivity contribution is 6.05. The van der Waals surface area contributed by atoms with Crippen LogP contribution in [0.5, 0.6) is 5.75 Å². The van der Waals surface area contributed by atoms with Gasteiger partial charge in [-0.15, -0.1) is 10.2 Å². The highest BCUT2D eigenvalue weighted by Crippen LogP contribution is 2.46. The fraction of sp³-hybridized carbons (Fsp3) is 0.148. The van der Waals surface area contributed by atoms with E-state index in [0.717, 1.165) is 40.8 Å². The maximum Gasteiger partial charge on any atom is 0.340 e. The predicted molar refractivity (Wildman–Crippen MR) is 130 cm³/mol. The molecule has 6 rings (SSSR count). The molecule has 3 aromatic carbocycles. The Morgan fingerprint density at radius 1 is 0.971 bits per heavy atom. The number of nitrogens with one attached hydrogen (secondary N) is 1. The molecule has 8 nitrogen and oxygen atoms in total. The van der Waals surface area contributed by atoms with Crippen molar-refractivity contribution in [3.05, 3.63) is 89.6 Å². The molecule has 0 saturated heterocycles. The summed E-state index contributed by atoms with van der Waals surface area (Å²) < 4.78 is 6.18. The Hall–Kier alpha value is -4.59. The lowest BCUT2D eigenvalue weighted by Crippen LogP contribution is -2.09. The van der Waals surface area contributed by atoms with Gasteiger partial charge in [-0.1, -0.05) is 66.7 Å². The number of carbonyl (C=O) groups is 1. The molecule has 1 saturated carbocycles. The van der Waals surface area contributed by atoms with E-state index in [1.165, 1.54) is 0 Å². The third-order valence-electron chi connectivity index (χ3n) is 6.21. The number of aromatic nitrogens is 5. The highest BCUT2D eigenvalue weighted by Gasteiger charge is 2.32. The average molecular weight is 463 g/mol. The molecule has 5 aromatic rings. The number of carboxylic acid groups (broad SMARTS) is 1. The van der Waals surface area contributed by atoms with Crippen molar-refractivity contribution in [2.24, 2.45) is 0 Å². The Morgan fingerprint density at radius 2 is 1.71 bits per heavy atom. The van der Waals surface area contributed by atoms with Crippen LogP contribution in [0.15, 0.2) is 72.8 Å². The topological polar surface area (TPSA) is 114 Å². The first-order valence-corrected chi connectivity index (χ1v) is 11.4. The number of tetrazole rings is 1. The Kier molecular flexibility index (Phi) is 5.18. The molecular formula is C27H21N5O3. The van der Waals surface area contributed by atoms with E-state index >= 15 is 0 Å². The summed E-state index contributed by atoms with van der Waals surface area (Å²) in [6.07, 6.45) is 1.99. The molecule has 0 bridgehead atoms. The van der Waals surface area contributed by atoms with Gasteiger partial charge in [0.25, 0.3) is 0 Å². The van der Waals surface area contributed by atoms with Gasteiger partial charge >= 0.3 is 5.97 Å². The van der Waals surface area contributed by atoms with Crippen LogP contribution in [0.25, 0.3) is 33.4 Å². The van der Waals surface area contributed by atoms with Gasteiger partial charge in [-0.3, -0.25) is 0 Å². The lowest BCUT2D eigenvalue weighted by molar-refractivity contribution is 0.0693. The molecule has 0 aliphatic heterocycles. The van der Waals surface area contributed by atoms with Crippen LogP contribution in [0.3, 0.4) is 0 Å². The average Bonchev–Trinajstić information content (AvgIpc) is 3.60. The Morgan fingerprint density at radius 3 is 2.43 bits per heavy atom. The van der Waals surface area contributed by atoms with E-state index < -0.39 is 5.97 Å². The highest BCUT2D eigenvalue weighted by atomic mass is 16.5. The van der Waals surface area contributed by atoms with Crippen molar-refractivity contribution in [2.45, 2.75) is 25.4 Å². The summed E-state index contributed by atoms with van der Waals surface area (Å²) in [5.74, 6) is 0.154. The molecule has 0 unspecified atom stereocenters. The third kappa shape index (κ3) is 3.99. The Labute approximate surface area is 200 Å². The van der Waals surface area contributed by atoms with Crippen molar-refractivity contribution in [2.75, 3.05) is 0 Å². The number of pyridine rings is 1. The molecular weight excluding hydrogens is 442 g/mol. The minimum atomic E-state index is -1.01. The van der Waals surface area contributed by atoms with Gasteiger partial charge in [-0.2, -0.15) is 5.21 Å². The van der Waals surface area contributed by atoms with Gasteiger partial charge in [0.1, 0.15) is 12.2 Å². The zero-order valence-electron chi connectivity index (χ0n) is 18.7. The minimum absolute atomic E-state index is 0.183. The molecule has 35 heavy (non-hydrogen) atoms. The number of nitrogens with zero attached hydrogens (tertiary/aromatic N) is 4. The van der Waals surface area contributed by atoms with Crippen LogP contribution in [-0.4, -0.2) is 36.7 Å². The number of hydrogen-bond donors (Lipinski definition) is 2. The quantitative estimate of drug-likeness (QED) is 0.339. The lowest BCUT2D eigenvalue weighted by Gasteiger charge is -2.16. The largest absolute Gasteiger partial charge is 0.486 e. The van der Waals surface area contributed by atoms with Crippen molar-refractivity contribution in [3.63, 3.8) is 0 Å². The van der Waals surface area contributed by atoms with E-state index in [1.54, 1.807) is 6.07 Å². The monoisotopic (exact) mass is 463 g/mol. The van der Waals surface area contributed by atoms with Crippen LogP contribution in [0.4, 0.5) is 0 Å². The van der Waals surface area contributed by atoms with E-state index in [9.17, 15) is 9.90 Å². The van der Waals surface area contributed by atoms with E-state index in [4.69, 9.17) is 9.72 Å². The van der Waals surface area contributed by atoms with Crippen LogP contribution in [0.1, 0.15) is 40.4 Å². The second-order valence-corrected chi connectivity index (χ2v) is 8.56. The zero-order chi connectivity index (χ0) is 23.8. The van der Waals surface area contributed by atoms with Crippen molar-refractivity contribution in [1.82, 2.24) is 25.6 Å². The molecule has 0 atom stereocenters. The molecule has 1 aliphatic carbocycles. The molecule has 2 N–H and O–H groups in total. The van der Waals surface area contributed by atoms with Gasteiger partial charge in [-0.25, -0.2) is 9.78 Å². The number of aromatic carboxylic acids is 1. The van der Waals surface area contributed by atoms with E-state index in [0.29, 0.717) is 22.5 Å². The van der Waals surface area contributed by atoms with E-state index in [-0.39, 0.29) is 18.1 Å². The summed E-state index contributed by atoms with van der Waals surface area (Å²) in [6, 6.07) is 23.2. The first-order valence-electron chi connectivity index (χ1n) is 11.4. The van der Waals surface area contributed by atoms with Crippen molar-refractivity contribution in [3.8, 4) is 28.3 Å². The van der Waals surface area contributed by atoms with Gasteiger partial charge < -0.3 is 9.84 Å². The summed E-state index contributed by atoms with van der Waals surface area (Å²) in [5, 5.41) is 25.0. The summed E-state index contributed by atoms with van der Waals surface area (Å²) in [6.45, 7) is 0.243. The number of aromatic amines is 1. The second-order valence-electron chi connectivity index (χ2n) is 8.56. The molecule has 172 valence electrons. The van der Waals surface area contributed by atoms with Crippen molar-refractivity contribution in [1.29, 1.82) is 0 Å². The normalized spacial score (nSPS) is 13.1. The number of ether oxygens (including phenoxy) is 1. The molecule has 0 amide bonds. The predicted octanol–water partition coefficient (Wildman–Crippen LogP) is 5.24. The van der Waals surface area contributed by atoms with Gasteiger partial charge in [0.05, 0.1) is 11.2 Å². The summed E-state index contributed by atoms with van der Waals surface area (Å²) in [4.78, 5) is 17.0. The third-order valence-corrected chi connectivity index (χ3v) is 6.21. The number of fused-ring (bicyclic) bond motifs is 1. The SMILES string of the molecule is O=C(O)c1c(OCc2ccc(-c3ccccc3-c3nn[nH]n3)cc2)c(C2CC2)nc2ccccc12. The second kappa shape index (κ2) is 8.64. The van der Waals surface area contributed by atoms with Crippen LogP contribution in [-0.2, 0) is 6.61 Å². The van der Waals surface area contributed by atoms with Gasteiger partial charge in [0.2, 0.25) is 5.82 Å². The summed E-state index contributed by atoms with van der Waals surface area (Å²) in [5.41, 5.74) is 5.42. The molecule has 0 radical (unpaired) electrons. The molecule has 8 heteroatoms.